The molecule has 0 saturated carbocycles. The molecule has 5 nitrogen and oxygen atoms in total. The fourth-order valence-corrected chi connectivity index (χ4v) is 3.62. The van der Waals surface area contributed by atoms with Crippen LogP contribution in [0.1, 0.15) is 29.0 Å². The number of furan rings is 1. The molecule has 0 aliphatic rings. The summed E-state index contributed by atoms with van der Waals surface area (Å²) in [5, 5.41) is 5.08. The van der Waals surface area contributed by atoms with Gasteiger partial charge in [0.1, 0.15) is 5.75 Å². The molecule has 4 aromatic rings. The molecule has 5 heteroatoms. The zero-order chi connectivity index (χ0) is 21.5. The van der Waals surface area contributed by atoms with Gasteiger partial charge in [0.25, 0.3) is 5.91 Å². The minimum atomic E-state index is -0.484. The van der Waals surface area contributed by atoms with E-state index in [2.05, 4.69) is 5.32 Å². The summed E-state index contributed by atoms with van der Waals surface area (Å²) in [5.41, 5.74) is 2.66. The Labute approximate surface area is 181 Å². The van der Waals surface area contributed by atoms with Crippen LogP contribution in [0.2, 0.25) is 0 Å². The Morgan fingerprint density at radius 3 is 2.23 bits per heavy atom. The lowest BCUT2D eigenvalue weighted by molar-refractivity contribution is -0.715. The number of anilines is 1. The van der Waals surface area contributed by atoms with E-state index >= 15 is 0 Å². The lowest BCUT2D eigenvalue weighted by Gasteiger charge is -2.22. The van der Waals surface area contributed by atoms with Crippen LogP contribution >= 0.6 is 0 Å². The molecule has 1 aromatic heterocycles. The van der Waals surface area contributed by atoms with Crippen molar-refractivity contribution in [1.29, 1.82) is 0 Å². The quantitative estimate of drug-likeness (QED) is 0.452. The topological polar surface area (TPSA) is 68.1 Å². The van der Waals surface area contributed by atoms with Gasteiger partial charge in [-0.25, -0.2) is 0 Å². The number of methoxy groups -OCH3 is 1. The van der Waals surface area contributed by atoms with E-state index in [1.54, 1.807) is 19.4 Å². The summed E-state index contributed by atoms with van der Waals surface area (Å²) in [5.74, 6) is 1.36. The van der Waals surface area contributed by atoms with Crippen molar-refractivity contribution in [2.24, 2.45) is 0 Å². The van der Waals surface area contributed by atoms with Crippen LogP contribution in [0.4, 0.5) is 5.69 Å². The van der Waals surface area contributed by atoms with Crippen molar-refractivity contribution in [1.82, 2.24) is 0 Å². The number of rotatable bonds is 8. The van der Waals surface area contributed by atoms with E-state index in [1.807, 2.05) is 96.3 Å². The Morgan fingerprint density at radius 2 is 1.58 bits per heavy atom. The van der Waals surface area contributed by atoms with Gasteiger partial charge in [-0.05, 0) is 24.3 Å². The van der Waals surface area contributed by atoms with Crippen molar-refractivity contribution in [3.63, 3.8) is 0 Å². The third-order valence-corrected chi connectivity index (χ3v) is 5.17. The summed E-state index contributed by atoms with van der Waals surface area (Å²) in [6.07, 6.45) is 1.66. The zero-order valence-electron chi connectivity index (χ0n) is 17.3. The molecule has 31 heavy (non-hydrogen) atoms. The fraction of sp³-hybridized carbons (Fsp3) is 0.115. The average Bonchev–Trinajstić information content (AvgIpc) is 3.35. The van der Waals surface area contributed by atoms with Crippen molar-refractivity contribution in [2.45, 2.75) is 12.1 Å². The fourth-order valence-electron chi connectivity index (χ4n) is 3.62. The van der Waals surface area contributed by atoms with Gasteiger partial charge in [0.05, 0.1) is 13.4 Å². The summed E-state index contributed by atoms with van der Waals surface area (Å²) in [6, 6.07) is 30.3. The highest BCUT2D eigenvalue weighted by Crippen LogP contribution is 2.22. The van der Waals surface area contributed by atoms with Gasteiger partial charge in [0.15, 0.2) is 17.8 Å². The van der Waals surface area contributed by atoms with Crippen LogP contribution in [-0.4, -0.2) is 13.0 Å². The predicted octanol–water partition coefficient (Wildman–Crippen LogP) is 4.32. The lowest BCUT2D eigenvalue weighted by Crippen LogP contribution is -2.88. The molecule has 0 aliphatic carbocycles. The van der Waals surface area contributed by atoms with E-state index in [0.717, 1.165) is 16.9 Å². The molecule has 0 radical (unpaired) electrons. The van der Waals surface area contributed by atoms with Crippen LogP contribution in [0.25, 0.3) is 0 Å². The first kappa shape index (κ1) is 20.4. The Hall–Kier alpha value is -3.83. The second kappa shape index (κ2) is 9.78. The number of hydrogen-bond acceptors (Lipinski definition) is 3. The second-order valence-corrected chi connectivity index (χ2v) is 7.21. The predicted molar refractivity (Wildman–Crippen MR) is 120 cm³/mol. The van der Waals surface area contributed by atoms with E-state index < -0.39 is 6.04 Å². The van der Waals surface area contributed by atoms with Gasteiger partial charge in [0, 0.05) is 22.9 Å². The second-order valence-electron chi connectivity index (χ2n) is 7.21. The molecule has 0 saturated heterocycles. The molecule has 0 unspecified atom stereocenters. The maximum atomic E-state index is 13.4. The number of hydrogen-bond donors (Lipinski definition) is 2. The van der Waals surface area contributed by atoms with Crippen molar-refractivity contribution in [3.8, 4) is 5.75 Å². The summed E-state index contributed by atoms with van der Waals surface area (Å²) in [6.45, 7) is 0. The molecule has 4 rings (SSSR count). The van der Waals surface area contributed by atoms with Crippen molar-refractivity contribution in [3.05, 3.63) is 120 Å². The van der Waals surface area contributed by atoms with E-state index in [9.17, 15) is 4.79 Å². The number of amides is 1. The van der Waals surface area contributed by atoms with Gasteiger partial charge in [0.2, 0.25) is 0 Å². The minimum Gasteiger partial charge on any atom is -0.497 e. The molecule has 3 N–H and O–H groups in total. The molecular formula is C26H25N2O3+. The van der Waals surface area contributed by atoms with Crippen LogP contribution in [0.5, 0.6) is 5.75 Å². The van der Waals surface area contributed by atoms with Crippen LogP contribution in [0.3, 0.4) is 0 Å². The number of nitrogens with one attached hydrogen (secondary N) is 1. The van der Waals surface area contributed by atoms with E-state index in [-0.39, 0.29) is 11.9 Å². The van der Waals surface area contributed by atoms with E-state index in [4.69, 9.17) is 9.15 Å². The summed E-state index contributed by atoms with van der Waals surface area (Å²) < 4.78 is 11.0. The molecule has 156 valence electrons. The van der Waals surface area contributed by atoms with Gasteiger partial charge in [-0.2, -0.15) is 0 Å². The number of carbonyl (C=O) groups excluding carboxylic acids is 1. The third kappa shape index (κ3) is 5.02. The molecule has 1 amide bonds. The molecule has 0 fully saturated rings. The molecular weight excluding hydrogens is 388 g/mol. The number of quaternary nitrogens is 1. The smallest absolute Gasteiger partial charge is 0.287 e. The number of nitrogens with two attached hydrogens (primary N) is 1. The maximum Gasteiger partial charge on any atom is 0.287 e. The maximum absolute atomic E-state index is 13.4. The molecule has 0 bridgehead atoms. The van der Waals surface area contributed by atoms with Crippen LogP contribution in [-0.2, 0) is 4.79 Å². The van der Waals surface area contributed by atoms with Gasteiger partial charge in [-0.15, -0.1) is 0 Å². The first-order valence-electron chi connectivity index (χ1n) is 10.2. The van der Waals surface area contributed by atoms with Crippen molar-refractivity contribution in [2.75, 3.05) is 12.4 Å². The highest BCUT2D eigenvalue weighted by molar-refractivity contribution is 5.94. The van der Waals surface area contributed by atoms with Gasteiger partial charge >= 0.3 is 0 Å². The van der Waals surface area contributed by atoms with Gasteiger partial charge in [-0.3, -0.25) is 4.79 Å². The SMILES string of the molecule is COc1cccc(NC(=O)[C@@H]([NH2+][C@@H](c2ccccc2)c2ccco2)c2ccccc2)c1. The number of ether oxygens (including phenoxy) is 1. The molecule has 0 spiro atoms. The summed E-state index contributed by atoms with van der Waals surface area (Å²) in [7, 11) is 1.61. The first-order valence-corrected chi connectivity index (χ1v) is 10.2. The number of benzene rings is 3. The highest BCUT2D eigenvalue weighted by atomic mass is 16.5. The highest BCUT2D eigenvalue weighted by Gasteiger charge is 2.31. The van der Waals surface area contributed by atoms with Crippen LogP contribution in [0.15, 0.2) is 108 Å². The zero-order valence-corrected chi connectivity index (χ0v) is 17.3. The summed E-state index contributed by atoms with van der Waals surface area (Å²) >= 11 is 0. The van der Waals surface area contributed by atoms with E-state index in [0.29, 0.717) is 11.4 Å². The minimum absolute atomic E-state index is 0.119. The standard InChI is InChI=1S/C26H24N2O3/c1-30-22-15-8-14-21(18-22)27-26(29)25(20-12-6-3-7-13-20)28-24(23-16-9-17-31-23)19-10-4-2-5-11-19/h2-18,24-25,28H,1H3,(H,27,29)/p+1/t24-,25-/m0/s1. The Balaban J connectivity index is 1.66. The number of carbonyl (C=O) groups is 1. The monoisotopic (exact) mass is 413 g/mol. The normalized spacial score (nSPS) is 12.7. The molecule has 1 heterocycles. The average molecular weight is 413 g/mol. The lowest BCUT2D eigenvalue weighted by atomic mass is 10.00. The Kier molecular flexibility index (Phi) is 6.45. The molecule has 3 aromatic carbocycles. The molecule has 0 aliphatic heterocycles. The van der Waals surface area contributed by atoms with Crippen LogP contribution < -0.4 is 15.4 Å². The Bertz CT molecular complexity index is 1100. The van der Waals surface area contributed by atoms with Crippen molar-refractivity contribution >= 4 is 11.6 Å². The molecule has 2 atom stereocenters. The largest absolute Gasteiger partial charge is 0.497 e. The van der Waals surface area contributed by atoms with Gasteiger partial charge in [-0.1, -0.05) is 66.7 Å². The Morgan fingerprint density at radius 1 is 0.871 bits per heavy atom. The van der Waals surface area contributed by atoms with E-state index in [1.165, 1.54) is 0 Å². The first-order chi connectivity index (χ1) is 15.2. The van der Waals surface area contributed by atoms with Crippen LogP contribution in [0, 0.1) is 0 Å². The summed E-state index contributed by atoms with van der Waals surface area (Å²) in [4.78, 5) is 13.4. The third-order valence-electron chi connectivity index (χ3n) is 5.17. The van der Waals surface area contributed by atoms with Crippen molar-refractivity contribution < 1.29 is 19.3 Å². The van der Waals surface area contributed by atoms with Gasteiger partial charge < -0.3 is 19.8 Å².